The van der Waals surface area contributed by atoms with Crippen LogP contribution in [0.15, 0.2) is 11.1 Å². The third-order valence-electron chi connectivity index (χ3n) is 2.67. The molecule has 0 bridgehead atoms. The molecule has 0 aromatic carbocycles. The van der Waals surface area contributed by atoms with Gasteiger partial charge in [-0.05, 0) is 20.8 Å². The van der Waals surface area contributed by atoms with Crippen LogP contribution in [0, 0.1) is 6.92 Å². The largest absolute Gasteiger partial charge is 0.374 e. The topological polar surface area (TPSA) is 116 Å². The highest BCUT2D eigenvalue weighted by Crippen LogP contribution is 2.22. The summed E-state index contributed by atoms with van der Waals surface area (Å²) in [6, 6.07) is -0.501. The van der Waals surface area contributed by atoms with Crippen molar-refractivity contribution >= 4 is 26.5 Å². The Morgan fingerprint density at radius 3 is 2.70 bits per heavy atom. The molecule has 0 fully saturated rings. The van der Waals surface area contributed by atoms with Crippen LogP contribution >= 0.6 is 11.3 Å². The zero-order chi connectivity index (χ0) is 14.9. The van der Waals surface area contributed by atoms with Gasteiger partial charge < -0.3 is 5.73 Å². The molecule has 2 aromatic heterocycles. The third-order valence-corrected chi connectivity index (χ3v) is 5.25. The van der Waals surface area contributed by atoms with Crippen LogP contribution in [-0.4, -0.2) is 28.4 Å². The van der Waals surface area contributed by atoms with Gasteiger partial charge in [0.1, 0.15) is 9.90 Å². The summed E-state index contributed by atoms with van der Waals surface area (Å²) in [5, 5.41) is 12.5. The van der Waals surface area contributed by atoms with Crippen LogP contribution in [0.3, 0.4) is 0 Å². The van der Waals surface area contributed by atoms with Crippen LogP contribution in [0.2, 0.25) is 0 Å². The maximum absolute atomic E-state index is 12.3. The van der Waals surface area contributed by atoms with Crippen molar-refractivity contribution in [3.63, 3.8) is 0 Å². The van der Waals surface area contributed by atoms with E-state index in [4.69, 9.17) is 5.73 Å². The predicted molar refractivity (Wildman–Crippen MR) is 75.7 cm³/mol. The predicted octanol–water partition coefficient (Wildman–Crippen LogP) is 0.685. The molecule has 0 aliphatic heterocycles. The van der Waals surface area contributed by atoms with Gasteiger partial charge in [-0.3, -0.25) is 4.68 Å². The van der Waals surface area contributed by atoms with Crippen LogP contribution < -0.4 is 10.5 Å². The van der Waals surface area contributed by atoms with E-state index >= 15 is 0 Å². The molecule has 2 aromatic rings. The first-order chi connectivity index (χ1) is 9.33. The van der Waals surface area contributed by atoms with Gasteiger partial charge in [0.25, 0.3) is 0 Å². The molecule has 0 amide bonds. The molecule has 8 nitrogen and oxygen atoms in total. The highest BCUT2D eigenvalue weighted by Gasteiger charge is 2.24. The van der Waals surface area contributed by atoms with Crippen LogP contribution in [0.5, 0.6) is 0 Å². The molecule has 0 saturated heterocycles. The Labute approximate surface area is 121 Å². The van der Waals surface area contributed by atoms with Gasteiger partial charge >= 0.3 is 0 Å². The summed E-state index contributed by atoms with van der Waals surface area (Å²) in [5.74, 6) is 0. The molecule has 0 aliphatic carbocycles. The van der Waals surface area contributed by atoms with E-state index < -0.39 is 16.1 Å². The van der Waals surface area contributed by atoms with Crippen molar-refractivity contribution in [3.8, 4) is 0 Å². The number of aromatic nitrogens is 4. The van der Waals surface area contributed by atoms with Crippen molar-refractivity contribution < 1.29 is 8.42 Å². The summed E-state index contributed by atoms with van der Waals surface area (Å²) in [5.41, 5.74) is 5.95. The molecule has 0 spiro atoms. The van der Waals surface area contributed by atoms with Crippen molar-refractivity contribution in [1.29, 1.82) is 0 Å². The Kier molecular flexibility index (Phi) is 4.06. The lowest BCUT2D eigenvalue weighted by molar-refractivity contribution is 0.564. The molecule has 1 atom stereocenters. The molecule has 3 N–H and O–H groups in total. The molecule has 0 aliphatic rings. The lowest BCUT2D eigenvalue weighted by Crippen LogP contribution is -2.27. The number of anilines is 1. The summed E-state index contributed by atoms with van der Waals surface area (Å²) >= 11 is 1.15. The van der Waals surface area contributed by atoms with Crippen LogP contribution in [0.25, 0.3) is 0 Å². The van der Waals surface area contributed by atoms with Gasteiger partial charge in [-0.2, -0.15) is 5.10 Å². The van der Waals surface area contributed by atoms with Gasteiger partial charge in [-0.15, -0.1) is 10.2 Å². The number of nitrogen functional groups attached to an aromatic ring is 1. The highest BCUT2D eigenvalue weighted by molar-refractivity contribution is 7.89. The number of nitrogens with two attached hydrogens (primary N) is 1. The molecule has 10 heteroatoms. The molecule has 1 unspecified atom stereocenters. The average Bonchev–Trinajstić information content (AvgIpc) is 2.95. The van der Waals surface area contributed by atoms with Gasteiger partial charge in [-0.1, -0.05) is 11.3 Å². The maximum atomic E-state index is 12.3. The second-order valence-corrected chi connectivity index (χ2v) is 6.98. The minimum absolute atomic E-state index is 0.170. The Bertz CT molecular complexity index is 705. The zero-order valence-electron chi connectivity index (χ0n) is 11.4. The van der Waals surface area contributed by atoms with E-state index in [9.17, 15) is 8.42 Å². The summed E-state index contributed by atoms with van der Waals surface area (Å²) in [6.07, 6.45) is 1.51. The van der Waals surface area contributed by atoms with Crippen LogP contribution in [-0.2, 0) is 16.6 Å². The molecule has 2 heterocycles. The monoisotopic (exact) mass is 316 g/mol. The van der Waals surface area contributed by atoms with Gasteiger partial charge in [0.15, 0.2) is 0 Å². The maximum Gasteiger partial charge on any atom is 0.244 e. The summed E-state index contributed by atoms with van der Waals surface area (Å²) in [6.45, 7) is 5.85. The Hall–Kier alpha value is -1.52. The fourth-order valence-electron chi connectivity index (χ4n) is 1.69. The standard InChI is InChI=1S/C10H16N6O2S2/c1-4-16-5-8(6(2)14-16)20(17,18)15-7(3)9-12-13-10(11)19-9/h5,7,15H,4H2,1-3H3,(H2,11,13). The van der Waals surface area contributed by atoms with Crippen molar-refractivity contribution in [1.82, 2.24) is 24.7 Å². The molecule has 20 heavy (non-hydrogen) atoms. The molecule has 0 radical (unpaired) electrons. The van der Waals surface area contributed by atoms with E-state index in [1.165, 1.54) is 6.20 Å². The van der Waals surface area contributed by atoms with E-state index in [0.29, 0.717) is 22.4 Å². The number of hydrogen-bond donors (Lipinski definition) is 2. The third kappa shape index (κ3) is 2.97. The SMILES string of the molecule is CCn1cc(S(=O)(=O)NC(C)c2nnc(N)s2)c(C)n1. The summed E-state index contributed by atoms with van der Waals surface area (Å²) < 4.78 is 28.8. The quantitative estimate of drug-likeness (QED) is 0.838. The summed E-state index contributed by atoms with van der Waals surface area (Å²) in [4.78, 5) is 0.170. The van der Waals surface area contributed by atoms with Gasteiger partial charge in [0, 0.05) is 12.7 Å². The lowest BCUT2D eigenvalue weighted by Gasteiger charge is -2.10. The van der Waals surface area contributed by atoms with E-state index in [2.05, 4.69) is 20.0 Å². The molecule has 0 saturated carbocycles. The van der Waals surface area contributed by atoms with E-state index in [0.717, 1.165) is 11.3 Å². The highest BCUT2D eigenvalue weighted by atomic mass is 32.2. The van der Waals surface area contributed by atoms with Crippen LogP contribution in [0.4, 0.5) is 5.13 Å². The summed E-state index contributed by atoms with van der Waals surface area (Å²) in [7, 11) is -3.65. The van der Waals surface area contributed by atoms with Crippen molar-refractivity contribution in [2.45, 2.75) is 38.3 Å². The molecule has 110 valence electrons. The number of nitrogens with zero attached hydrogens (tertiary/aromatic N) is 4. The number of nitrogens with one attached hydrogen (secondary N) is 1. The first kappa shape index (κ1) is 14.9. The first-order valence-corrected chi connectivity index (χ1v) is 8.28. The number of rotatable bonds is 5. The fraction of sp³-hybridized carbons (Fsp3) is 0.500. The Balaban J connectivity index is 2.24. The number of hydrogen-bond acceptors (Lipinski definition) is 7. The normalized spacial score (nSPS) is 13.6. The molecular weight excluding hydrogens is 300 g/mol. The number of aryl methyl sites for hydroxylation is 2. The van der Waals surface area contributed by atoms with E-state index in [1.807, 2.05) is 6.92 Å². The second-order valence-electron chi connectivity index (χ2n) is 4.26. The van der Waals surface area contributed by atoms with Crippen molar-refractivity contribution in [2.75, 3.05) is 5.73 Å². The Morgan fingerprint density at radius 1 is 1.50 bits per heavy atom. The minimum atomic E-state index is -3.65. The Morgan fingerprint density at radius 2 is 2.20 bits per heavy atom. The van der Waals surface area contributed by atoms with Crippen molar-refractivity contribution in [3.05, 3.63) is 16.9 Å². The van der Waals surface area contributed by atoms with Gasteiger partial charge in [0.2, 0.25) is 15.2 Å². The van der Waals surface area contributed by atoms with Gasteiger partial charge in [0.05, 0.1) is 11.7 Å². The molecular formula is C10H16N6O2S2. The second kappa shape index (κ2) is 5.46. The first-order valence-electron chi connectivity index (χ1n) is 5.98. The van der Waals surface area contributed by atoms with Gasteiger partial charge in [-0.25, -0.2) is 13.1 Å². The molecule has 2 rings (SSSR count). The van der Waals surface area contributed by atoms with Crippen LogP contribution in [0.1, 0.15) is 30.6 Å². The smallest absolute Gasteiger partial charge is 0.244 e. The number of sulfonamides is 1. The van der Waals surface area contributed by atoms with E-state index in [1.54, 1.807) is 18.5 Å². The minimum Gasteiger partial charge on any atom is -0.374 e. The zero-order valence-corrected chi connectivity index (χ0v) is 13.0. The lowest BCUT2D eigenvalue weighted by atomic mass is 10.4. The van der Waals surface area contributed by atoms with E-state index in [-0.39, 0.29) is 4.90 Å². The average molecular weight is 316 g/mol. The van der Waals surface area contributed by atoms with Crippen molar-refractivity contribution in [2.24, 2.45) is 0 Å². The fourth-order valence-corrected chi connectivity index (χ4v) is 3.78.